The molecule has 0 bridgehead atoms. The van der Waals surface area contributed by atoms with Crippen LogP contribution < -0.4 is 15.2 Å². The van der Waals surface area contributed by atoms with Gasteiger partial charge in [0.25, 0.3) is 11.6 Å². The van der Waals surface area contributed by atoms with Crippen molar-refractivity contribution in [3.05, 3.63) is 62.7 Å². The number of carbonyl (C=O) groups excluding carboxylic acids is 1. The number of nitro groups is 1. The highest BCUT2D eigenvalue weighted by molar-refractivity contribution is 6.32. The van der Waals surface area contributed by atoms with Crippen molar-refractivity contribution < 1.29 is 19.2 Å². The molecule has 0 aromatic heterocycles. The highest BCUT2D eigenvalue weighted by atomic mass is 35.5. The Balaban J connectivity index is 2.40. The number of ether oxygens (including phenoxy) is 2. The summed E-state index contributed by atoms with van der Waals surface area (Å²) in [5.74, 6) is -0.248. The number of nitrogens with zero attached hydrogens (tertiary/aromatic N) is 2. The van der Waals surface area contributed by atoms with E-state index in [0.29, 0.717) is 11.1 Å². The maximum atomic E-state index is 10.9. The molecule has 2 aromatic carbocycles. The van der Waals surface area contributed by atoms with Gasteiger partial charge in [0.1, 0.15) is 0 Å². The van der Waals surface area contributed by atoms with Crippen LogP contribution >= 0.6 is 11.6 Å². The second-order valence-corrected chi connectivity index (χ2v) is 5.67. The molecule has 0 saturated heterocycles. The predicted molar refractivity (Wildman–Crippen MR) is 99.3 cm³/mol. The zero-order valence-corrected chi connectivity index (χ0v) is 14.9. The molecule has 1 amide bonds. The number of amides is 1. The van der Waals surface area contributed by atoms with Crippen LogP contribution in [0.3, 0.4) is 0 Å². The molecule has 0 heterocycles. The van der Waals surface area contributed by atoms with Gasteiger partial charge < -0.3 is 15.2 Å². The summed E-state index contributed by atoms with van der Waals surface area (Å²) in [5, 5.41) is 20.3. The Morgan fingerprint density at radius 1 is 1.37 bits per heavy atom. The first kappa shape index (κ1) is 19.8. The molecule has 138 valence electrons. The van der Waals surface area contributed by atoms with Gasteiger partial charge in [-0.05, 0) is 41.5 Å². The largest absolute Gasteiger partial charge is 0.493 e. The van der Waals surface area contributed by atoms with Crippen LogP contribution in [0.15, 0.2) is 36.4 Å². The summed E-state index contributed by atoms with van der Waals surface area (Å²) in [7, 11) is 1.40. The number of halogens is 1. The van der Waals surface area contributed by atoms with Crippen molar-refractivity contribution in [2.45, 2.75) is 0 Å². The molecule has 2 N–H and O–H groups in total. The molecule has 0 fully saturated rings. The van der Waals surface area contributed by atoms with E-state index >= 15 is 0 Å². The monoisotopic (exact) mass is 387 g/mol. The number of nitriles is 1. The number of benzene rings is 2. The topological polar surface area (TPSA) is 128 Å². The molecule has 2 aromatic rings. The summed E-state index contributed by atoms with van der Waals surface area (Å²) in [6.07, 6.45) is 1.55. The van der Waals surface area contributed by atoms with Gasteiger partial charge in [-0.15, -0.1) is 0 Å². The molecule has 2 rings (SSSR count). The smallest absolute Gasteiger partial charge is 0.269 e. The number of non-ortho nitro benzene ring substituents is 1. The fraction of sp³-hybridized carbons (Fsp3) is 0.111. The van der Waals surface area contributed by atoms with Crippen molar-refractivity contribution in [2.24, 2.45) is 5.73 Å². The van der Waals surface area contributed by atoms with Gasteiger partial charge >= 0.3 is 0 Å². The average Bonchev–Trinajstić information content (AvgIpc) is 2.64. The summed E-state index contributed by atoms with van der Waals surface area (Å²) in [5.41, 5.74) is 6.30. The summed E-state index contributed by atoms with van der Waals surface area (Å²) in [6.45, 7) is -0.364. The molecule has 0 spiro atoms. The van der Waals surface area contributed by atoms with Crippen molar-refractivity contribution in [3.8, 4) is 17.6 Å². The predicted octanol–water partition coefficient (Wildman–Crippen LogP) is 3.19. The van der Waals surface area contributed by atoms with Gasteiger partial charge in [0.2, 0.25) is 0 Å². The van der Waals surface area contributed by atoms with Crippen molar-refractivity contribution in [1.29, 1.82) is 5.26 Å². The van der Waals surface area contributed by atoms with Crippen molar-refractivity contribution >= 4 is 34.8 Å². The van der Waals surface area contributed by atoms with E-state index in [9.17, 15) is 20.2 Å². The molecular weight excluding hydrogens is 374 g/mol. The fourth-order valence-electron chi connectivity index (χ4n) is 2.22. The van der Waals surface area contributed by atoms with E-state index in [2.05, 4.69) is 0 Å². The number of methoxy groups -OCH3 is 1. The third-order valence-electron chi connectivity index (χ3n) is 3.43. The first-order valence-corrected chi connectivity index (χ1v) is 7.88. The highest BCUT2D eigenvalue weighted by Gasteiger charge is 2.13. The first-order valence-electron chi connectivity index (χ1n) is 7.51. The van der Waals surface area contributed by atoms with E-state index in [0.717, 1.165) is 0 Å². The van der Waals surface area contributed by atoms with Gasteiger partial charge in [-0.3, -0.25) is 14.9 Å². The van der Waals surface area contributed by atoms with E-state index in [-0.39, 0.29) is 34.4 Å². The Kier molecular flexibility index (Phi) is 6.36. The number of carbonyl (C=O) groups is 1. The van der Waals surface area contributed by atoms with Crippen LogP contribution in [0.25, 0.3) is 11.6 Å². The lowest BCUT2D eigenvalue weighted by molar-refractivity contribution is -0.384. The number of nitro benzene ring substituents is 1. The molecule has 0 unspecified atom stereocenters. The highest BCUT2D eigenvalue weighted by Crippen LogP contribution is 2.37. The standard InChI is InChI=1S/C18H14ClN3O5/c1-26-16-8-11(7-15(19)18(16)27-10-17(21)23)6-13(9-20)12-2-4-14(5-3-12)22(24)25/h2-8H,10H2,1H3,(H2,21,23)/b13-6+. The molecular formula is C18H14ClN3O5. The number of rotatable bonds is 7. The molecule has 8 nitrogen and oxygen atoms in total. The lowest BCUT2D eigenvalue weighted by Crippen LogP contribution is -2.20. The second-order valence-electron chi connectivity index (χ2n) is 5.26. The van der Waals surface area contributed by atoms with Gasteiger partial charge in [-0.1, -0.05) is 11.6 Å². The fourth-order valence-corrected chi connectivity index (χ4v) is 2.49. The van der Waals surface area contributed by atoms with Crippen LogP contribution in [0.1, 0.15) is 11.1 Å². The minimum atomic E-state index is -0.665. The van der Waals surface area contributed by atoms with E-state index in [1.165, 1.54) is 37.4 Å². The molecule has 0 saturated carbocycles. The van der Waals surface area contributed by atoms with Crippen molar-refractivity contribution in [2.75, 3.05) is 13.7 Å². The Morgan fingerprint density at radius 2 is 2.04 bits per heavy atom. The van der Waals surface area contributed by atoms with Crippen molar-refractivity contribution in [3.63, 3.8) is 0 Å². The zero-order chi connectivity index (χ0) is 20.0. The Bertz CT molecular complexity index is 949. The van der Waals surface area contributed by atoms with Gasteiger partial charge in [0, 0.05) is 12.1 Å². The third kappa shape index (κ3) is 4.96. The quantitative estimate of drug-likeness (QED) is 0.336. The summed E-state index contributed by atoms with van der Waals surface area (Å²) in [6, 6.07) is 10.7. The minimum absolute atomic E-state index is 0.0725. The van der Waals surface area contributed by atoms with Crippen LogP contribution in [-0.2, 0) is 4.79 Å². The van der Waals surface area contributed by atoms with Crippen LogP contribution in [0.4, 0.5) is 5.69 Å². The Hall–Kier alpha value is -3.57. The molecule has 27 heavy (non-hydrogen) atoms. The normalized spacial score (nSPS) is 10.8. The summed E-state index contributed by atoms with van der Waals surface area (Å²) < 4.78 is 10.5. The van der Waals surface area contributed by atoms with Gasteiger partial charge in [0.15, 0.2) is 18.1 Å². The van der Waals surface area contributed by atoms with Crippen LogP contribution in [0.5, 0.6) is 11.5 Å². The number of allylic oxidation sites excluding steroid dienone is 1. The number of nitrogens with two attached hydrogens (primary N) is 1. The molecule has 0 aliphatic rings. The average molecular weight is 388 g/mol. The zero-order valence-electron chi connectivity index (χ0n) is 14.1. The van der Waals surface area contributed by atoms with Gasteiger partial charge in [0.05, 0.1) is 28.7 Å². The van der Waals surface area contributed by atoms with Crippen LogP contribution in [0.2, 0.25) is 5.02 Å². The molecule has 0 aliphatic heterocycles. The van der Waals surface area contributed by atoms with Crippen LogP contribution in [-0.4, -0.2) is 24.5 Å². The Morgan fingerprint density at radius 3 is 2.56 bits per heavy atom. The van der Waals surface area contributed by atoms with E-state index in [1.54, 1.807) is 12.1 Å². The molecule has 0 radical (unpaired) electrons. The van der Waals surface area contributed by atoms with E-state index in [1.807, 2.05) is 6.07 Å². The van der Waals surface area contributed by atoms with Crippen molar-refractivity contribution in [1.82, 2.24) is 0 Å². The maximum Gasteiger partial charge on any atom is 0.269 e. The van der Waals surface area contributed by atoms with Crippen LogP contribution in [0, 0.1) is 21.4 Å². The maximum absolute atomic E-state index is 10.9. The number of primary amides is 1. The lowest BCUT2D eigenvalue weighted by atomic mass is 10.0. The second kappa shape index (κ2) is 8.69. The Labute approximate surface area is 159 Å². The number of hydrogen-bond acceptors (Lipinski definition) is 6. The number of hydrogen-bond donors (Lipinski definition) is 1. The van der Waals surface area contributed by atoms with E-state index < -0.39 is 10.8 Å². The summed E-state index contributed by atoms with van der Waals surface area (Å²) in [4.78, 5) is 21.1. The molecule has 0 aliphatic carbocycles. The lowest BCUT2D eigenvalue weighted by Gasteiger charge is -2.12. The third-order valence-corrected chi connectivity index (χ3v) is 3.71. The van der Waals surface area contributed by atoms with Gasteiger partial charge in [-0.2, -0.15) is 5.26 Å². The molecule has 0 atom stereocenters. The summed E-state index contributed by atoms with van der Waals surface area (Å²) >= 11 is 6.18. The van der Waals surface area contributed by atoms with Gasteiger partial charge in [-0.25, -0.2) is 0 Å². The first-order chi connectivity index (χ1) is 12.8. The SMILES string of the molecule is COc1cc(/C=C(\C#N)c2ccc([N+](=O)[O-])cc2)cc(Cl)c1OCC(N)=O. The van der Waals surface area contributed by atoms with E-state index in [4.69, 9.17) is 26.8 Å². The minimum Gasteiger partial charge on any atom is -0.493 e. The molecule has 9 heteroatoms.